The third-order valence-corrected chi connectivity index (χ3v) is 6.45. The Balaban J connectivity index is 2.11. The zero-order valence-corrected chi connectivity index (χ0v) is 23.1. The molecule has 0 aliphatic carbocycles. The van der Waals surface area contributed by atoms with Gasteiger partial charge >= 0.3 is 0 Å². The van der Waals surface area contributed by atoms with E-state index in [4.69, 9.17) is 9.47 Å². The second kappa shape index (κ2) is 12.3. The number of aryl methyl sites for hydroxylation is 1. The summed E-state index contributed by atoms with van der Waals surface area (Å²) >= 11 is 0. The molecule has 1 unspecified atom stereocenters. The second-order valence-electron chi connectivity index (χ2n) is 9.91. The van der Waals surface area contributed by atoms with E-state index in [1.165, 1.54) is 0 Å². The highest BCUT2D eigenvalue weighted by molar-refractivity contribution is 6.46. The monoisotopic (exact) mass is 508 g/mol. The molecule has 1 atom stereocenters. The minimum Gasteiger partial charge on any atom is -0.507 e. The number of hydrogen-bond acceptors (Lipinski definition) is 6. The molecule has 0 bridgehead atoms. The maximum atomic E-state index is 13.4. The first-order valence-corrected chi connectivity index (χ1v) is 13.1. The molecule has 200 valence electrons. The molecular formula is C30H40N2O5. The van der Waals surface area contributed by atoms with Crippen molar-refractivity contribution in [2.75, 3.05) is 26.2 Å². The van der Waals surface area contributed by atoms with Crippen molar-refractivity contribution >= 4 is 17.4 Å². The number of benzene rings is 2. The number of nitrogens with zero attached hydrogens (tertiary/aromatic N) is 2. The molecule has 1 aliphatic rings. The number of likely N-dealkylation sites (tertiary alicyclic amines) is 1. The summed E-state index contributed by atoms with van der Waals surface area (Å²) in [5, 5.41) is 11.4. The smallest absolute Gasteiger partial charge is 0.295 e. The lowest BCUT2D eigenvalue weighted by Gasteiger charge is -2.28. The van der Waals surface area contributed by atoms with Gasteiger partial charge in [0.2, 0.25) is 0 Å². The van der Waals surface area contributed by atoms with Gasteiger partial charge in [0.05, 0.1) is 23.8 Å². The Hall–Kier alpha value is -3.32. The Labute approximate surface area is 220 Å². The van der Waals surface area contributed by atoms with Crippen LogP contribution in [-0.4, -0.2) is 65.0 Å². The molecule has 1 heterocycles. The van der Waals surface area contributed by atoms with Gasteiger partial charge in [-0.3, -0.25) is 9.59 Å². The van der Waals surface area contributed by atoms with E-state index in [9.17, 15) is 14.7 Å². The van der Waals surface area contributed by atoms with E-state index in [1.807, 2.05) is 58.9 Å². The van der Waals surface area contributed by atoms with Gasteiger partial charge in [0.1, 0.15) is 17.3 Å². The van der Waals surface area contributed by atoms with Crippen molar-refractivity contribution in [3.8, 4) is 11.5 Å². The van der Waals surface area contributed by atoms with E-state index in [1.54, 1.807) is 23.1 Å². The van der Waals surface area contributed by atoms with Crippen molar-refractivity contribution in [3.63, 3.8) is 0 Å². The molecular weight excluding hydrogens is 468 g/mol. The van der Waals surface area contributed by atoms with Crippen molar-refractivity contribution in [2.45, 2.75) is 66.7 Å². The summed E-state index contributed by atoms with van der Waals surface area (Å²) < 4.78 is 11.7. The Morgan fingerprint density at radius 2 is 1.68 bits per heavy atom. The number of likely N-dealkylation sites (N-methyl/N-ethyl adjacent to an activating group) is 1. The largest absolute Gasteiger partial charge is 0.507 e. The molecule has 7 heteroatoms. The average Bonchev–Trinajstić information content (AvgIpc) is 3.10. The second-order valence-corrected chi connectivity index (χ2v) is 9.91. The summed E-state index contributed by atoms with van der Waals surface area (Å²) in [4.78, 5) is 30.4. The number of carbonyl (C=O) groups excluding carboxylic acids is 2. The Bertz CT molecular complexity index is 1150. The zero-order valence-electron chi connectivity index (χ0n) is 23.1. The summed E-state index contributed by atoms with van der Waals surface area (Å²) in [5.74, 6) is -0.125. The summed E-state index contributed by atoms with van der Waals surface area (Å²) in [6, 6.07) is 12.0. The van der Waals surface area contributed by atoms with Crippen molar-refractivity contribution in [3.05, 3.63) is 64.7 Å². The van der Waals surface area contributed by atoms with Crippen molar-refractivity contribution in [1.29, 1.82) is 0 Å². The lowest BCUT2D eigenvalue weighted by Crippen LogP contribution is -2.38. The lowest BCUT2D eigenvalue weighted by atomic mass is 9.94. The van der Waals surface area contributed by atoms with Crippen LogP contribution in [0.15, 0.2) is 48.0 Å². The van der Waals surface area contributed by atoms with Gasteiger partial charge in [0.15, 0.2) is 0 Å². The predicted octanol–water partition coefficient (Wildman–Crippen LogP) is 5.33. The fourth-order valence-corrected chi connectivity index (χ4v) is 4.61. The van der Waals surface area contributed by atoms with E-state index in [0.717, 1.165) is 24.2 Å². The molecule has 2 aromatic rings. The average molecular weight is 509 g/mol. The molecule has 0 saturated carbocycles. The molecule has 1 N–H and O–H groups in total. The summed E-state index contributed by atoms with van der Waals surface area (Å²) in [5.41, 5.74) is 2.10. The van der Waals surface area contributed by atoms with Crippen LogP contribution >= 0.6 is 0 Å². The first-order valence-electron chi connectivity index (χ1n) is 13.1. The summed E-state index contributed by atoms with van der Waals surface area (Å²) in [7, 11) is 0. The molecule has 1 saturated heterocycles. The van der Waals surface area contributed by atoms with Crippen LogP contribution in [0.2, 0.25) is 0 Å². The molecule has 0 radical (unpaired) electrons. The number of ether oxygens (including phenoxy) is 2. The van der Waals surface area contributed by atoms with Crippen LogP contribution in [0.3, 0.4) is 0 Å². The van der Waals surface area contributed by atoms with Crippen LogP contribution in [0.4, 0.5) is 0 Å². The maximum Gasteiger partial charge on any atom is 0.295 e. The fraction of sp³-hybridized carbons (Fsp3) is 0.467. The van der Waals surface area contributed by atoms with E-state index in [2.05, 4.69) is 18.7 Å². The van der Waals surface area contributed by atoms with E-state index in [0.29, 0.717) is 30.2 Å². The number of ketones is 1. The van der Waals surface area contributed by atoms with Crippen LogP contribution in [0.5, 0.6) is 11.5 Å². The minimum absolute atomic E-state index is 0.00890. The molecule has 7 nitrogen and oxygen atoms in total. The SMILES string of the molecule is CCN(CC)CCN1C(=O)C(=O)/C(=C(/O)c2ccc(OC(C)C)c(C)c2)C1c1cccc(OC(C)C)c1. The van der Waals surface area contributed by atoms with Gasteiger partial charge in [-0.2, -0.15) is 0 Å². The third-order valence-electron chi connectivity index (χ3n) is 6.45. The summed E-state index contributed by atoms with van der Waals surface area (Å²) in [6.45, 7) is 16.5. The molecule has 1 amide bonds. The first-order chi connectivity index (χ1) is 17.6. The molecule has 37 heavy (non-hydrogen) atoms. The van der Waals surface area contributed by atoms with Crippen LogP contribution in [0, 0.1) is 6.92 Å². The van der Waals surface area contributed by atoms with Crippen LogP contribution in [-0.2, 0) is 9.59 Å². The van der Waals surface area contributed by atoms with Gasteiger partial charge in [-0.1, -0.05) is 26.0 Å². The number of carbonyl (C=O) groups is 2. The quantitative estimate of drug-likeness (QED) is 0.251. The van der Waals surface area contributed by atoms with Crippen molar-refractivity contribution in [2.24, 2.45) is 0 Å². The van der Waals surface area contributed by atoms with E-state index >= 15 is 0 Å². The van der Waals surface area contributed by atoms with Gasteiger partial charge in [-0.25, -0.2) is 0 Å². The highest BCUT2D eigenvalue weighted by Crippen LogP contribution is 2.40. The molecule has 0 spiro atoms. The number of amides is 1. The van der Waals surface area contributed by atoms with Gasteiger partial charge in [0, 0.05) is 18.7 Å². The van der Waals surface area contributed by atoms with Crippen molar-refractivity contribution in [1.82, 2.24) is 9.80 Å². The van der Waals surface area contributed by atoms with Crippen LogP contribution < -0.4 is 9.47 Å². The summed E-state index contributed by atoms with van der Waals surface area (Å²) in [6.07, 6.45) is -0.0200. The number of rotatable bonds is 11. The van der Waals surface area contributed by atoms with Crippen LogP contribution in [0.25, 0.3) is 5.76 Å². The molecule has 0 aromatic heterocycles. The first kappa shape index (κ1) is 28.3. The molecule has 1 fully saturated rings. The predicted molar refractivity (Wildman–Crippen MR) is 146 cm³/mol. The number of hydrogen-bond donors (Lipinski definition) is 1. The number of aliphatic hydroxyl groups is 1. The number of aliphatic hydroxyl groups excluding tert-OH is 1. The van der Waals surface area contributed by atoms with Gasteiger partial charge in [-0.05, 0) is 89.2 Å². The molecule has 2 aromatic carbocycles. The highest BCUT2D eigenvalue weighted by atomic mass is 16.5. The molecule has 1 aliphatic heterocycles. The Morgan fingerprint density at radius 3 is 2.27 bits per heavy atom. The maximum absolute atomic E-state index is 13.4. The lowest BCUT2D eigenvalue weighted by molar-refractivity contribution is -0.140. The van der Waals surface area contributed by atoms with E-state index in [-0.39, 0.29) is 23.5 Å². The minimum atomic E-state index is -0.724. The Morgan fingerprint density at radius 1 is 1.00 bits per heavy atom. The van der Waals surface area contributed by atoms with Crippen LogP contribution in [0.1, 0.15) is 64.3 Å². The van der Waals surface area contributed by atoms with Gasteiger partial charge < -0.3 is 24.4 Å². The van der Waals surface area contributed by atoms with E-state index < -0.39 is 17.7 Å². The van der Waals surface area contributed by atoms with Crippen molar-refractivity contribution < 1.29 is 24.2 Å². The van der Waals surface area contributed by atoms with Gasteiger partial charge in [-0.15, -0.1) is 0 Å². The molecule has 3 rings (SSSR count). The third kappa shape index (κ3) is 6.52. The highest BCUT2D eigenvalue weighted by Gasteiger charge is 2.46. The Kier molecular flexibility index (Phi) is 9.38. The standard InChI is InChI=1S/C30H40N2O5/c1-8-31(9-2)15-16-32-27(22-11-10-12-24(18-22)36-19(3)4)26(29(34)30(32)35)28(33)23-13-14-25(21(7)17-23)37-20(5)6/h10-14,17-20,27,33H,8-9,15-16H2,1-7H3/b28-26+. The normalized spacial score (nSPS) is 17.4. The zero-order chi connectivity index (χ0) is 27.3. The number of Topliss-reactive ketones (excluding diaryl/α,β-unsaturated/α-hetero) is 1. The topological polar surface area (TPSA) is 79.3 Å². The fourth-order valence-electron chi connectivity index (χ4n) is 4.61. The van der Waals surface area contributed by atoms with Gasteiger partial charge in [0.25, 0.3) is 11.7 Å².